The Morgan fingerprint density at radius 3 is 0.839 bits per heavy atom. The Bertz CT molecular complexity index is 2860. The predicted molar refractivity (Wildman–Crippen MR) is 319 cm³/mol. The minimum absolute atomic E-state index is 1.30. The van der Waals surface area contributed by atoms with E-state index < -0.39 is 0 Å². The van der Waals surface area contributed by atoms with Crippen LogP contribution in [0.1, 0.15) is 0 Å². The molecule has 20 heteroatoms. The maximum Gasteiger partial charge on any atom is 0.140 e. The first-order valence-electron chi connectivity index (χ1n) is 20.8. The van der Waals surface area contributed by atoms with E-state index in [1.54, 1.807) is 0 Å². The third kappa shape index (κ3) is 5.49. The van der Waals surface area contributed by atoms with Gasteiger partial charge in [0.05, 0.1) is 0 Å². The number of hydrogen-bond donors (Lipinski definition) is 0. The summed E-state index contributed by atoms with van der Waals surface area (Å²) < 4.78 is 0. The SMILES string of the molecule is Bc1c(B)c(B)c(-c2c3c(B)c(B)c(B)c(B)c3c(-c3cccc(-c4c(B)c(B)c5c(B)c(B)c(B)c(B)c5c4B)c3)c3c(B)c(B)c(B)c(B)c23)c(B)c1B. The summed E-state index contributed by atoms with van der Waals surface area (Å²) in [5, 5.41) is 8.53. The van der Waals surface area contributed by atoms with Gasteiger partial charge in [0, 0.05) is 0 Å². The van der Waals surface area contributed by atoms with Crippen LogP contribution in [0.4, 0.5) is 0 Å². The molecule has 0 amide bonds. The van der Waals surface area contributed by atoms with Crippen LogP contribution in [0.3, 0.4) is 0 Å². The van der Waals surface area contributed by atoms with E-state index in [0.29, 0.717) is 0 Å². The van der Waals surface area contributed by atoms with Crippen molar-refractivity contribution < 1.29 is 0 Å². The lowest BCUT2D eigenvalue weighted by Gasteiger charge is -2.30. The molecule has 0 aliphatic carbocycles. The first kappa shape index (κ1) is 40.8. The number of rotatable bonds is 3. The molecule has 7 aromatic rings. The van der Waals surface area contributed by atoms with Crippen molar-refractivity contribution >= 4 is 298 Å². The summed E-state index contributed by atoms with van der Waals surface area (Å²) >= 11 is 0. The molecule has 0 saturated heterocycles. The second-order valence-electron chi connectivity index (χ2n) is 17.8. The molecule has 0 unspecified atom stereocenters. The highest BCUT2D eigenvalue weighted by molar-refractivity contribution is 6.75. The second kappa shape index (κ2) is 14.2. The molecular weight excluding hydrogens is 649 g/mol. The van der Waals surface area contributed by atoms with Crippen LogP contribution in [0.15, 0.2) is 24.3 Å². The van der Waals surface area contributed by atoms with Crippen molar-refractivity contribution in [3.63, 3.8) is 0 Å². The van der Waals surface area contributed by atoms with Gasteiger partial charge in [-0.15, -0.1) is 49.2 Å². The van der Waals surface area contributed by atoms with Gasteiger partial charge in [0.25, 0.3) is 0 Å². The monoisotopic (exact) mass is 697 g/mol. The molecule has 0 radical (unpaired) electrons. The third-order valence-electron chi connectivity index (χ3n) is 15.8. The Morgan fingerprint density at radius 1 is 0.196 bits per heavy atom. The molecule has 7 rings (SSSR count). The van der Waals surface area contributed by atoms with E-state index in [1.807, 2.05) is 0 Å². The highest BCUT2D eigenvalue weighted by Crippen LogP contribution is 2.40. The lowest BCUT2D eigenvalue weighted by atomic mass is 9.56. The van der Waals surface area contributed by atoms with Gasteiger partial charge in [-0.25, -0.2) is 0 Å². The van der Waals surface area contributed by atoms with Gasteiger partial charge in [0.15, 0.2) is 0 Å². The van der Waals surface area contributed by atoms with Crippen molar-refractivity contribution in [3.05, 3.63) is 24.3 Å². The molecular formula is C36H44B20. The summed E-state index contributed by atoms with van der Waals surface area (Å²) in [6.45, 7) is 0. The van der Waals surface area contributed by atoms with E-state index in [4.69, 9.17) is 0 Å². The Balaban J connectivity index is 1.75. The Morgan fingerprint density at radius 2 is 0.446 bits per heavy atom. The fraction of sp³-hybridized carbons (Fsp3) is 0. The zero-order valence-corrected chi connectivity index (χ0v) is 38.3. The van der Waals surface area contributed by atoms with Crippen molar-refractivity contribution in [1.29, 1.82) is 0 Å². The topological polar surface area (TPSA) is 0 Å². The average molecular weight is 693 g/mol. The van der Waals surface area contributed by atoms with Crippen LogP contribution in [-0.4, -0.2) is 157 Å². The van der Waals surface area contributed by atoms with Gasteiger partial charge in [-0.3, -0.25) is 0 Å². The first-order chi connectivity index (χ1) is 26.2. The standard InChI is InChI=1S/C36H44B20/c37-17-8(18(38)23(43)16-15(17)26(46)32(52)33(53)27(16)47)6-3-1-2-5(4-6)7-10-12(21(41)30(50)28(48)19(10)39)9(13-11(7)20(40)29(49)31(51)22(13)42)14-24(44)34(54)36(56)35(55)25(14)45/h1-4H,37-56H2. The van der Waals surface area contributed by atoms with E-state index in [0.717, 1.165) is 0 Å². The molecule has 0 nitrogen and oxygen atoms in total. The smallest absolute Gasteiger partial charge is 0.102 e. The summed E-state index contributed by atoms with van der Waals surface area (Å²) in [5.74, 6) is 0. The maximum atomic E-state index is 2.53. The highest BCUT2D eigenvalue weighted by atomic mass is 14.3. The van der Waals surface area contributed by atoms with Crippen LogP contribution in [0.5, 0.6) is 0 Å². The second-order valence-corrected chi connectivity index (χ2v) is 17.8. The highest BCUT2D eigenvalue weighted by Gasteiger charge is 2.28. The van der Waals surface area contributed by atoms with Crippen LogP contribution >= 0.6 is 0 Å². The van der Waals surface area contributed by atoms with Crippen LogP contribution in [0.25, 0.3) is 65.7 Å². The molecule has 0 aromatic heterocycles. The van der Waals surface area contributed by atoms with Gasteiger partial charge in [0.1, 0.15) is 157 Å². The fourth-order valence-corrected chi connectivity index (χ4v) is 10.8. The summed E-state index contributed by atoms with van der Waals surface area (Å²) in [4.78, 5) is 0. The average Bonchev–Trinajstić information content (AvgIpc) is 3.18. The molecule has 0 saturated carbocycles. The normalized spacial score (nSPS) is 11.6. The zero-order valence-electron chi connectivity index (χ0n) is 38.3. The summed E-state index contributed by atoms with van der Waals surface area (Å²) in [5.41, 5.74) is 36.3. The van der Waals surface area contributed by atoms with Crippen molar-refractivity contribution in [2.75, 3.05) is 0 Å². The van der Waals surface area contributed by atoms with Gasteiger partial charge < -0.3 is 0 Å². The van der Waals surface area contributed by atoms with E-state index in [1.165, 1.54) is 175 Å². The molecule has 0 heterocycles. The molecule has 0 spiro atoms. The summed E-state index contributed by atoms with van der Waals surface area (Å²) in [7, 11) is 46.9. The van der Waals surface area contributed by atoms with Crippen molar-refractivity contribution in [1.82, 2.24) is 0 Å². The minimum atomic E-state index is 1.30. The van der Waals surface area contributed by atoms with Gasteiger partial charge in [0.2, 0.25) is 0 Å². The largest absolute Gasteiger partial charge is 0.140 e. The molecule has 56 heavy (non-hydrogen) atoms. The van der Waals surface area contributed by atoms with E-state index in [-0.39, 0.29) is 0 Å². The minimum Gasteiger partial charge on any atom is -0.102 e. The molecule has 7 aromatic carbocycles. The third-order valence-corrected chi connectivity index (χ3v) is 15.8. The summed E-state index contributed by atoms with van der Waals surface area (Å²) in [6.07, 6.45) is 0. The Labute approximate surface area is 354 Å². The summed E-state index contributed by atoms with van der Waals surface area (Å²) in [6, 6.07) is 9.60. The van der Waals surface area contributed by atoms with E-state index in [9.17, 15) is 0 Å². The van der Waals surface area contributed by atoms with Gasteiger partial charge in [-0.05, 0) is 71.8 Å². The molecule has 0 aliphatic rings. The number of fused-ring (bicyclic) bond motifs is 3. The number of hydrogen-bond acceptors (Lipinski definition) is 0. The van der Waals surface area contributed by atoms with Crippen molar-refractivity contribution in [2.24, 2.45) is 0 Å². The molecule has 248 valence electrons. The Hall–Kier alpha value is -3.38. The predicted octanol–water partition coefficient (Wildman–Crippen LogP) is -24.7. The first-order valence-corrected chi connectivity index (χ1v) is 20.8. The number of benzene rings is 7. The van der Waals surface area contributed by atoms with Crippen LogP contribution in [-0.2, 0) is 0 Å². The Kier molecular flexibility index (Phi) is 10.3. The van der Waals surface area contributed by atoms with Gasteiger partial charge >= 0.3 is 0 Å². The van der Waals surface area contributed by atoms with Gasteiger partial charge in [-0.2, -0.15) is 0 Å². The molecule has 0 atom stereocenters. The van der Waals surface area contributed by atoms with Crippen LogP contribution < -0.4 is 109 Å². The molecule has 0 fully saturated rings. The van der Waals surface area contributed by atoms with Crippen molar-refractivity contribution in [2.45, 2.75) is 0 Å². The quantitative estimate of drug-likeness (QED) is 0.128. The van der Waals surface area contributed by atoms with Crippen molar-refractivity contribution in [3.8, 4) is 33.4 Å². The van der Waals surface area contributed by atoms with Crippen LogP contribution in [0.2, 0.25) is 0 Å². The maximum absolute atomic E-state index is 2.53. The molecule has 0 N–H and O–H groups in total. The van der Waals surface area contributed by atoms with E-state index >= 15 is 0 Å². The fourth-order valence-electron chi connectivity index (χ4n) is 10.8. The van der Waals surface area contributed by atoms with Gasteiger partial charge in [-0.1, -0.05) is 78.3 Å². The van der Waals surface area contributed by atoms with Crippen LogP contribution in [0, 0.1) is 0 Å². The molecule has 0 aliphatic heterocycles. The van der Waals surface area contributed by atoms with E-state index in [2.05, 4.69) is 181 Å². The molecule has 0 bridgehead atoms. The zero-order chi connectivity index (χ0) is 41.3. The lowest BCUT2D eigenvalue weighted by molar-refractivity contribution is 1.67. The lowest BCUT2D eigenvalue weighted by Crippen LogP contribution is -2.55.